The van der Waals surface area contributed by atoms with Gasteiger partial charge >= 0.3 is 0 Å². The molecule has 0 aliphatic carbocycles. The van der Waals surface area contributed by atoms with Crippen molar-refractivity contribution in [3.8, 4) is 0 Å². The highest BCUT2D eigenvalue weighted by Gasteiger charge is 2.34. The number of fused-ring (bicyclic) bond motifs is 1. The van der Waals surface area contributed by atoms with Crippen molar-refractivity contribution in [3.05, 3.63) is 51.8 Å². The van der Waals surface area contributed by atoms with Crippen LogP contribution in [0, 0.1) is 5.82 Å². The summed E-state index contributed by atoms with van der Waals surface area (Å²) in [5.41, 5.74) is 1.86. The van der Waals surface area contributed by atoms with Crippen LogP contribution in [0.25, 0.3) is 11.0 Å². The molecule has 1 aromatic heterocycles. The zero-order chi connectivity index (χ0) is 30.4. The van der Waals surface area contributed by atoms with Crippen LogP contribution in [0.2, 0.25) is 10.0 Å². The second-order valence-electron chi connectivity index (χ2n) is 11.1. The summed E-state index contributed by atoms with van der Waals surface area (Å²) < 4.78 is 66.5. The van der Waals surface area contributed by atoms with Crippen molar-refractivity contribution >= 4 is 65.9 Å². The van der Waals surface area contributed by atoms with E-state index in [1.807, 2.05) is 0 Å². The molecule has 0 spiro atoms. The molecule has 10 nitrogen and oxygen atoms in total. The maximum Gasteiger partial charge on any atom is 0.239 e. The van der Waals surface area contributed by atoms with E-state index in [2.05, 4.69) is 31.3 Å². The summed E-state index contributed by atoms with van der Waals surface area (Å²) in [7, 11) is -7.66. The molecule has 0 amide bonds. The fourth-order valence-corrected chi connectivity index (χ4v) is 7.97. The number of aromatic nitrogens is 2. The summed E-state index contributed by atoms with van der Waals surface area (Å²) in [6, 6.07) is 8.77. The Morgan fingerprint density at radius 2 is 1.74 bits per heavy atom. The van der Waals surface area contributed by atoms with Crippen molar-refractivity contribution in [1.29, 1.82) is 0 Å². The van der Waals surface area contributed by atoms with Gasteiger partial charge in [-0.2, -0.15) is 0 Å². The summed E-state index contributed by atoms with van der Waals surface area (Å²) in [4.78, 5) is 11.2. The first-order valence-electron chi connectivity index (χ1n) is 13.8. The van der Waals surface area contributed by atoms with Gasteiger partial charge in [0.2, 0.25) is 26.0 Å². The molecule has 1 atom stereocenters. The average Bonchev–Trinajstić information content (AvgIpc) is 3.25. The standard InChI is InChI=1S/C27H35Cl2FN6O4S2/c1-4-20-17-34(11-12-35(20)21-7-9-33(10-8-21)16-18-5-6-19(28)13-23(18)30)25-15-26-24(14-22(25)29)31-27(32-41(2,37)38)36(26)42(3,39)40/h5-6,13-15,20-21H,4,7-12,16-17H2,1-3H3,(H,31,32)/t20-/m0/s1. The number of benzene rings is 2. The summed E-state index contributed by atoms with van der Waals surface area (Å²) in [5.74, 6) is -0.573. The molecule has 5 rings (SSSR count). The molecule has 0 radical (unpaired) electrons. The van der Waals surface area contributed by atoms with Crippen LogP contribution in [0.4, 0.5) is 16.0 Å². The Kier molecular flexibility index (Phi) is 9.00. The number of nitrogens with zero attached hydrogens (tertiary/aromatic N) is 5. The van der Waals surface area contributed by atoms with E-state index in [1.54, 1.807) is 24.3 Å². The van der Waals surface area contributed by atoms with Gasteiger partial charge in [-0.25, -0.2) is 30.2 Å². The Hall–Kier alpha value is -2.16. The third-order valence-corrected chi connectivity index (χ3v) is 10.2. The molecule has 0 bridgehead atoms. The van der Waals surface area contributed by atoms with Crippen molar-refractivity contribution < 1.29 is 21.2 Å². The zero-order valence-electron chi connectivity index (χ0n) is 23.7. The molecule has 15 heteroatoms. The van der Waals surface area contributed by atoms with Crippen molar-refractivity contribution in [2.75, 3.05) is 54.9 Å². The van der Waals surface area contributed by atoms with Crippen LogP contribution in [0.1, 0.15) is 31.7 Å². The van der Waals surface area contributed by atoms with Crippen LogP contribution in [0.3, 0.4) is 0 Å². The van der Waals surface area contributed by atoms with Gasteiger partial charge in [0.15, 0.2) is 0 Å². The number of piperazine rings is 1. The number of likely N-dealkylation sites (tertiary alicyclic amines) is 1. The van der Waals surface area contributed by atoms with Crippen LogP contribution in [-0.4, -0.2) is 92.9 Å². The molecule has 3 aromatic rings. The lowest BCUT2D eigenvalue weighted by Crippen LogP contribution is -2.58. The zero-order valence-corrected chi connectivity index (χ0v) is 26.9. The second-order valence-corrected chi connectivity index (χ2v) is 15.5. The number of halogens is 3. The highest BCUT2D eigenvalue weighted by Crippen LogP contribution is 2.35. The van der Waals surface area contributed by atoms with E-state index in [9.17, 15) is 21.2 Å². The number of hydrogen-bond acceptors (Lipinski definition) is 8. The maximum absolute atomic E-state index is 14.3. The van der Waals surface area contributed by atoms with E-state index < -0.39 is 20.0 Å². The van der Waals surface area contributed by atoms with Gasteiger partial charge in [-0.3, -0.25) is 14.5 Å². The average molecular weight is 662 g/mol. The predicted molar refractivity (Wildman–Crippen MR) is 166 cm³/mol. The number of imidazole rings is 1. The van der Waals surface area contributed by atoms with E-state index in [4.69, 9.17) is 23.2 Å². The summed E-state index contributed by atoms with van der Waals surface area (Å²) >= 11 is 12.6. The molecule has 3 heterocycles. The smallest absolute Gasteiger partial charge is 0.239 e. The van der Waals surface area contributed by atoms with E-state index >= 15 is 0 Å². The highest BCUT2D eigenvalue weighted by molar-refractivity contribution is 7.92. The van der Waals surface area contributed by atoms with Gasteiger partial charge < -0.3 is 4.90 Å². The van der Waals surface area contributed by atoms with Gasteiger partial charge in [-0.1, -0.05) is 36.2 Å². The Morgan fingerprint density at radius 1 is 1.02 bits per heavy atom. The third-order valence-electron chi connectivity index (χ3n) is 8.07. The number of rotatable bonds is 8. The normalized spacial score (nSPS) is 20.0. The molecular weight excluding hydrogens is 626 g/mol. The van der Waals surface area contributed by atoms with Crippen molar-refractivity contribution in [2.45, 2.75) is 44.8 Å². The van der Waals surface area contributed by atoms with E-state index in [0.717, 1.165) is 55.4 Å². The predicted octanol–water partition coefficient (Wildman–Crippen LogP) is 4.23. The molecule has 2 fully saturated rings. The van der Waals surface area contributed by atoms with Crippen molar-refractivity contribution in [1.82, 2.24) is 18.8 Å². The lowest BCUT2D eigenvalue weighted by Gasteiger charge is -2.48. The molecule has 0 unspecified atom stereocenters. The Balaban J connectivity index is 1.31. The SMILES string of the molecule is CC[C@H]1CN(c2cc3c(cc2Cl)nc(NS(C)(=O)=O)n3S(C)(=O)=O)CCN1C1CCN(Cc2ccc(Cl)cc2F)CC1. The number of anilines is 2. The van der Waals surface area contributed by atoms with Crippen molar-refractivity contribution in [2.24, 2.45) is 0 Å². The first kappa shape index (κ1) is 31.3. The van der Waals surface area contributed by atoms with Gasteiger partial charge in [0.05, 0.1) is 34.3 Å². The van der Waals surface area contributed by atoms with E-state index in [-0.39, 0.29) is 28.8 Å². The molecule has 42 heavy (non-hydrogen) atoms. The monoisotopic (exact) mass is 660 g/mol. The molecule has 2 aliphatic heterocycles. The second kappa shape index (κ2) is 12.1. The molecule has 1 N–H and O–H groups in total. The highest BCUT2D eigenvalue weighted by atomic mass is 35.5. The van der Waals surface area contributed by atoms with Crippen LogP contribution in [-0.2, 0) is 26.6 Å². The van der Waals surface area contributed by atoms with E-state index in [0.29, 0.717) is 47.0 Å². The minimum atomic E-state index is -3.89. The van der Waals surface area contributed by atoms with Gasteiger partial charge in [0.1, 0.15) is 5.82 Å². The Morgan fingerprint density at radius 3 is 2.36 bits per heavy atom. The Bertz CT molecular complexity index is 1690. The van der Waals surface area contributed by atoms with Crippen LogP contribution < -0.4 is 9.62 Å². The lowest BCUT2D eigenvalue weighted by molar-refractivity contribution is 0.0609. The molecule has 2 aliphatic rings. The first-order chi connectivity index (χ1) is 19.7. The van der Waals surface area contributed by atoms with Gasteiger partial charge in [-0.15, -0.1) is 0 Å². The number of sulfonamides is 1. The lowest BCUT2D eigenvalue weighted by atomic mass is 9.97. The number of hydrogen-bond donors (Lipinski definition) is 1. The summed E-state index contributed by atoms with van der Waals surface area (Å²) in [6.45, 7) is 6.70. The molecule has 0 saturated carbocycles. The third kappa shape index (κ3) is 6.81. The largest absolute Gasteiger partial charge is 0.367 e. The van der Waals surface area contributed by atoms with Gasteiger partial charge in [0.25, 0.3) is 0 Å². The number of nitrogens with one attached hydrogen (secondary N) is 1. The summed E-state index contributed by atoms with van der Waals surface area (Å²) in [5, 5.41) is 0.813. The van der Waals surface area contributed by atoms with Crippen LogP contribution in [0.15, 0.2) is 30.3 Å². The minimum absolute atomic E-state index is 0.253. The molecule has 230 valence electrons. The minimum Gasteiger partial charge on any atom is -0.367 e. The fraction of sp³-hybridized carbons (Fsp3) is 0.519. The van der Waals surface area contributed by atoms with Crippen LogP contribution in [0.5, 0.6) is 0 Å². The topological polar surface area (TPSA) is 108 Å². The Labute approximate surface area is 256 Å². The first-order valence-corrected chi connectivity index (χ1v) is 18.3. The van der Waals surface area contributed by atoms with E-state index in [1.165, 1.54) is 6.07 Å². The van der Waals surface area contributed by atoms with Gasteiger partial charge in [0, 0.05) is 48.8 Å². The maximum atomic E-state index is 14.3. The number of piperidine rings is 1. The quantitative estimate of drug-likeness (QED) is 0.383. The van der Waals surface area contributed by atoms with Gasteiger partial charge in [-0.05, 0) is 56.6 Å². The molecular formula is C27H35Cl2FN6O4S2. The summed E-state index contributed by atoms with van der Waals surface area (Å²) in [6.07, 6.45) is 4.84. The molecule has 2 aromatic carbocycles. The van der Waals surface area contributed by atoms with Crippen LogP contribution >= 0.6 is 23.2 Å². The van der Waals surface area contributed by atoms with Crippen molar-refractivity contribution in [3.63, 3.8) is 0 Å². The fourth-order valence-electron chi connectivity index (χ4n) is 6.11. The molecule has 2 saturated heterocycles.